The second-order valence-corrected chi connectivity index (χ2v) is 4.58. The standard InChI is InChI=1S/C9H17B2NO/c1-5(2)9(10,11)8-6(3)12-13-7(8)4/h5H,10-11H2,1-4H3. The lowest BCUT2D eigenvalue weighted by Gasteiger charge is -2.29. The largest absolute Gasteiger partial charge is 0.361 e. The minimum Gasteiger partial charge on any atom is -0.361 e. The van der Waals surface area contributed by atoms with E-state index in [1.807, 2.05) is 13.8 Å². The van der Waals surface area contributed by atoms with Crippen LogP contribution in [0.4, 0.5) is 0 Å². The Kier molecular flexibility index (Phi) is 2.60. The van der Waals surface area contributed by atoms with Gasteiger partial charge in [-0.25, -0.2) is 0 Å². The van der Waals surface area contributed by atoms with Gasteiger partial charge in [-0.15, -0.1) is 0 Å². The summed E-state index contributed by atoms with van der Waals surface area (Å²) in [6.45, 7) is 8.45. The van der Waals surface area contributed by atoms with Crippen LogP contribution in [0.1, 0.15) is 30.9 Å². The van der Waals surface area contributed by atoms with Crippen LogP contribution < -0.4 is 0 Å². The Bertz CT molecular complexity index is 285. The van der Waals surface area contributed by atoms with Crippen molar-refractivity contribution in [1.82, 2.24) is 5.16 Å². The molecule has 0 atom stereocenters. The zero-order chi connectivity index (χ0) is 10.2. The van der Waals surface area contributed by atoms with Gasteiger partial charge in [-0.05, 0) is 13.8 Å². The highest BCUT2D eigenvalue weighted by Crippen LogP contribution is 2.30. The molecule has 0 aromatic carbocycles. The summed E-state index contributed by atoms with van der Waals surface area (Å²) in [6, 6.07) is 0. The van der Waals surface area contributed by atoms with Gasteiger partial charge in [0.1, 0.15) is 21.5 Å². The number of hydrogen-bond donors (Lipinski definition) is 0. The topological polar surface area (TPSA) is 26.0 Å². The minimum absolute atomic E-state index is 0.147. The fraction of sp³-hybridized carbons (Fsp3) is 0.667. The lowest BCUT2D eigenvalue weighted by Crippen LogP contribution is -2.34. The minimum atomic E-state index is 0.147. The molecule has 0 amide bonds. The van der Waals surface area contributed by atoms with Crippen LogP contribution >= 0.6 is 0 Å². The van der Waals surface area contributed by atoms with E-state index in [-0.39, 0.29) is 5.21 Å². The summed E-state index contributed by atoms with van der Waals surface area (Å²) in [4.78, 5) is 0. The molecule has 70 valence electrons. The summed E-state index contributed by atoms with van der Waals surface area (Å²) in [6.07, 6.45) is 0. The summed E-state index contributed by atoms with van der Waals surface area (Å²) in [5.41, 5.74) is 2.29. The molecule has 0 N–H and O–H groups in total. The smallest absolute Gasteiger partial charge is 0.136 e. The molecule has 0 saturated heterocycles. The van der Waals surface area contributed by atoms with Crippen LogP contribution in [-0.2, 0) is 5.21 Å². The quantitative estimate of drug-likeness (QED) is 0.609. The molecule has 4 heteroatoms. The van der Waals surface area contributed by atoms with Crippen molar-refractivity contribution < 1.29 is 4.52 Å². The molecule has 13 heavy (non-hydrogen) atoms. The van der Waals surface area contributed by atoms with Crippen molar-refractivity contribution in [2.45, 2.75) is 32.9 Å². The molecular formula is C9H17B2NO. The van der Waals surface area contributed by atoms with Crippen molar-refractivity contribution in [3.05, 3.63) is 17.0 Å². The number of hydrogen-bond acceptors (Lipinski definition) is 2. The van der Waals surface area contributed by atoms with Crippen LogP contribution in [-0.4, -0.2) is 20.8 Å². The molecule has 0 spiro atoms. The van der Waals surface area contributed by atoms with Gasteiger partial charge in [0, 0.05) is 5.56 Å². The summed E-state index contributed by atoms with van der Waals surface area (Å²) in [5.74, 6) is 1.54. The SMILES string of the molecule is BC(B)(c1c(C)noc1C)C(C)C. The third-order valence-electron chi connectivity index (χ3n) is 3.12. The van der Waals surface area contributed by atoms with Gasteiger partial charge in [0.05, 0.1) is 5.69 Å². The predicted octanol–water partition coefficient (Wildman–Crippen LogP) is 0.366. The maximum absolute atomic E-state index is 5.18. The van der Waals surface area contributed by atoms with Crippen LogP contribution in [0.15, 0.2) is 4.52 Å². The van der Waals surface area contributed by atoms with Crippen LogP contribution in [0.2, 0.25) is 0 Å². The van der Waals surface area contributed by atoms with Gasteiger partial charge in [-0.1, -0.05) is 30.1 Å². The first-order valence-corrected chi connectivity index (χ1v) is 4.80. The monoisotopic (exact) mass is 177 g/mol. The number of rotatable bonds is 2. The molecule has 0 aliphatic carbocycles. The normalized spacial score (nSPS) is 12.4. The molecule has 0 unspecified atom stereocenters. The first-order valence-electron chi connectivity index (χ1n) is 4.80. The lowest BCUT2D eigenvalue weighted by molar-refractivity contribution is 0.390. The molecule has 0 aliphatic rings. The Morgan fingerprint density at radius 3 is 2.15 bits per heavy atom. The highest BCUT2D eigenvalue weighted by molar-refractivity contribution is 6.40. The second kappa shape index (κ2) is 3.24. The molecule has 0 radical (unpaired) electrons. The third kappa shape index (κ3) is 1.67. The van der Waals surface area contributed by atoms with E-state index < -0.39 is 0 Å². The highest BCUT2D eigenvalue weighted by Gasteiger charge is 2.30. The lowest BCUT2D eigenvalue weighted by atomic mass is 9.45. The van der Waals surface area contributed by atoms with Gasteiger partial charge in [-0.2, -0.15) is 0 Å². The van der Waals surface area contributed by atoms with E-state index in [0.29, 0.717) is 5.92 Å². The van der Waals surface area contributed by atoms with Crippen LogP contribution in [0.25, 0.3) is 0 Å². The molecule has 0 aliphatic heterocycles. The van der Waals surface area contributed by atoms with Gasteiger partial charge in [0.2, 0.25) is 0 Å². The number of nitrogens with zero attached hydrogens (tertiary/aromatic N) is 1. The van der Waals surface area contributed by atoms with Gasteiger partial charge < -0.3 is 4.52 Å². The van der Waals surface area contributed by atoms with Crippen molar-refractivity contribution in [2.24, 2.45) is 5.92 Å². The Morgan fingerprint density at radius 1 is 1.31 bits per heavy atom. The molecular weight excluding hydrogens is 160 g/mol. The number of aryl methyl sites for hydroxylation is 2. The van der Waals surface area contributed by atoms with E-state index in [1.54, 1.807) is 0 Å². The zero-order valence-electron chi connectivity index (χ0n) is 9.43. The Morgan fingerprint density at radius 2 is 1.85 bits per heavy atom. The molecule has 0 saturated carbocycles. The predicted molar refractivity (Wildman–Crippen MR) is 59.6 cm³/mol. The van der Waals surface area contributed by atoms with E-state index >= 15 is 0 Å². The molecule has 1 heterocycles. The average Bonchev–Trinajstić information content (AvgIpc) is 2.30. The van der Waals surface area contributed by atoms with Crippen LogP contribution in [0.5, 0.6) is 0 Å². The van der Waals surface area contributed by atoms with E-state index in [1.165, 1.54) is 5.56 Å². The maximum atomic E-state index is 5.18. The van der Waals surface area contributed by atoms with E-state index in [9.17, 15) is 0 Å². The fourth-order valence-electron chi connectivity index (χ4n) is 1.69. The van der Waals surface area contributed by atoms with Crippen molar-refractivity contribution in [1.29, 1.82) is 0 Å². The highest BCUT2D eigenvalue weighted by atomic mass is 16.5. The van der Waals surface area contributed by atoms with E-state index in [0.717, 1.165) is 11.5 Å². The first-order chi connectivity index (χ1) is 5.87. The summed E-state index contributed by atoms with van der Waals surface area (Å²) >= 11 is 0. The molecule has 0 bridgehead atoms. The molecule has 1 aromatic heterocycles. The maximum Gasteiger partial charge on any atom is 0.136 e. The Labute approximate surface area is 81.9 Å². The van der Waals surface area contributed by atoms with Crippen molar-refractivity contribution in [3.63, 3.8) is 0 Å². The Hall–Kier alpha value is -0.660. The molecule has 0 fully saturated rings. The van der Waals surface area contributed by atoms with Crippen LogP contribution in [0.3, 0.4) is 0 Å². The fourth-order valence-corrected chi connectivity index (χ4v) is 1.69. The van der Waals surface area contributed by atoms with E-state index in [4.69, 9.17) is 4.52 Å². The van der Waals surface area contributed by atoms with Crippen molar-refractivity contribution >= 4 is 15.7 Å². The van der Waals surface area contributed by atoms with Gasteiger partial charge in [0.25, 0.3) is 0 Å². The molecule has 1 rings (SSSR count). The summed E-state index contributed by atoms with van der Waals surface area (Å²) < 4.78 is 5.18. The van der Waals surface area contributed by atoms with Crippen molar-refractivity contribution in [3.8, 4) is 0 Å². The average molecular weight is 177 g/mol. The first kappa shape index (κ1) is 10.4. The zero-order valence-corrected chi connectivity index (χ0v) is 9.43. The summed E-state index contributed by atoms with van der Waals surface area (Å²) in [7, 11) is 4.48. The number of aromatic nitrogens is 1. The Balaban J connectivity index is 3.20. The summed E-state index contributed by atoms with van der Waals surface area (Å²) in [5, 5.41) is 4.14. The van der Waals surface area contributed by atoms with Gasteiger partial charge in [-0.3, -0.25) is 0 Å². The van der Waals surface area contributed by atoms with Crippen LogP contribution in [0, 0.1) is 19.8 Å². The third-order valence-corrected chi connectivity index (χ3v) is 3.12. The van der Waals surface area contributed by atoms with Crippen molar-refractivity contribution in [2.75, 3.05) is 0 Å². The molecule has 2 nitrogen and oxygen atoms in total. The van der Waals surface area contributed by atoms with Gasteiger partial charge in [0.15, 0.2) is 0 Å². The van der Waals surface area contributed by atoms with Gasteiger partial charge >= 0.3 is 0 Å². The second-order valence-electron chi connectivity index (χ2n) is 4.58. The van der Waals surface area contributed by atoms with E-state index in [2.05, 4.69) is 34.7 Å². The molecule has 1 aromatic rings.